The molecule has 1 saturated heterocycles. The number of carboxylic acids is 1. The van der Waals surface area contributed by atoms with Crippen molar-refractivity contribution in [2.75, 3.05) is 19.6 Å². The fourth-order valence-electron chi connectivity index (χ4n) is 3.16. The van der Waals surface area contributed by atoms with E-state index in [2.05, 4.69) is 10.2 Å². The molecule has 0 radical (unpaired) electrons. The Bertz CT molecular complexity index is 568. The Balaban J connectivity index is 0.00000312. The van der Waals surface area contributed by atoms with Gasteiger partial charge in [0, 0.05) is 19.5 Å². The summed E-state index contributed by atoms with van der Waals surface area (Å²) in [5.74, 6) is -0.977. The number of nitrogens with one attached hydrogen (secondary N) is 1. The SMILES string of the molecule is CC(C(=O)NCCc1ccc(F)cc1)N1CCCC(CC(=O)O)C1.Cl. The molecule has 0 saturated carbocycles. The lowest BCUT2D eigenvalue weighted by atomic mass is 9.94. The highest BCUT2D eigenvalue weighted by molar-refractivity contribution is 5.85. The monoisotopic (exact) mass is 372 g/mol. The molecule has 1 aliphatic heterocycles. The van der Waals surface area contributed by atoms with Crippen LogP contribution >= 0.6 is 12.4 Å². The summed E-state index contributed by atoms with van der Waals surface area (Å²) in [6.45, 7) is 3.83. The lowest BCUT2D eigenvalue weighted by Gasteiger charge is -2.35. The fourth-order valence-corrected chi connectivity index (χ4v) is 3.16. The number of carbonyl (C=O) groups is 2. The molecule has 7 heteroatoms. The summed E-state index contributed by atoms with van der Waals surface area (Å²) in [7, 11) is 0. The number of amides is 1. The molecule has 2 unspecified atom stereocenters. The second kappa shape index (κ2) is 10.4. The topological polar surface area (TPSA) is 69.6 Å². The third kappa shape index (κ3) is 7.00. The van der Waals surface area contributed by atoms with Crippen LogP contribution in [0.3, 0.4) is 0 Å². The normalized spacial score (nSPS) is 18.9. The molecule has 0 aliphatic carbocycles. The standard InChI is InChI=1S/C18H25FN2O3.ClH/c1-13(21-10-2-3-15(12-21)11-17(22)23)18(24)20-9-8-14-4-6-16(19)7-5-14;/h4-7,13,15H,2-3,8-12H2,1H3,(H,20,24)(H,22,23);1H. The van der Waals surface area contributed by atoms with Crippen LogP contribution in [0.4, 0.5) is 4.39 Å². The number of likely N-dealkylation sites (tertiary alicyclic amines) is 1. The second-order valence-electron chi connectivity index (χ2n) is 6.44. The summed E-state index contributed by atoms with van der Waals surface area (Å²) in [6, 6.07) is 5.99. The Labute approximate surface area is 154 Å². The maximum Gasteiger partial charge on any atom is 0.303 e. The number of nitrogens with zero attached hydrogens (tertiary/aromatic N) is 1. The molecule has 2 rings (SSSR count). The van der Waals surface area contributed by atoms with Gasteiger partial charge in [0.1, 0.15) is 5.82 Å². The van der Waals surface area contributed by atoms with Crippen molar-refractivity contribution in [3.05, 3.63) is 35.6 Å². The molecule has 2 atom stereocenters. The average molecular weight is 373 g/mol. The molecular weight excluding hydrogens is 347 g/mol. The Hall–Kier alpha value is -1.66. The Morgan fingerprint density at radius 1 is 1.36 bits per heavy atom. The molecular formula is C18H26ClFN2O3. The van der Waals surface area contributed by atoms with E-state index in [1.54, 1.807) is 12.1 Å². The number of hydrogen-bond acceptors (Lipinski definition) is 3. The molecule has 1 aromatic rings. The van der Waals surface area contributed by atoms with E-state index < -0.39 is 5.97 Å². The van der Waals surface area contributed by atoms with Gasteiger partial charge in [-0.05, 0) is 56.3 Å². The van der Waals surface area contributed by atoms with E-state index in [-0.39, 0.29) is 42.5 Å². The molecule has 5 nitrogen and oxygen atoms in total. The third-order valence-corrected chi connectivity index (χ3v) is 4.57. The molecule has 1 fully saturated rings. The first-order valence-electron chi connectivity index (χ1n) is 8.43. The quantitative estimate of drug-likeness (QED) is 0.771. The molecule has 0 bridgehead atoms. The molecule has 2 N–H and O–H groups in total. The van der Waals surface area contributed by atoms with Crippen molar-refractivity contribution in [3.8, 4) is 0 Å². The Morgan fingerprint density at radius 3 is 2.68 bits per heavy atom. The van der Waals surface area contributed by atoms with Gasteiger partial charge < -0.3 is 10.4 Å². The van der Waals surface area contributed by atoms with E-state index in [4.69, 9.17) is 5.11 Å². The summed E-state index contributed by atoms with van der Waals surface area (Å²) < 4.78 is 12.8. The van der Waals surface area contributed by atoms with Crippen LogP contribution in [0, 0.1) is 11.7 Å². The van der Waals surface area contributed by atoms with Crippen LogP contribution in [0.2, 0.25) is 0 Å². The minimum atomic E-state index is -0.779. The minimum absolute atomic E-state index is 0. The van der Waals surface area contributed by atoms with Crippen molar-refractivity contribution in [2.24, 2.45) is 5.92 Å². The number of benzene rings is 1. The predicted molar refractivity (Wildman–Crippen MR) is 96.4 cm³/mol. The van der Waals surface area contributed by atoms with Crippen LogP contribution in [-0.4, -0.2) is 47.6 Å². The van der Waals surface area contributed by atoms with Crippen molar-refractivity contribution in [3.63, 3.8) is 0 Å². The molecule has 0 aromatic heterocycles. The summed E-state index contributed by atoms with van der Waals surface area (Å²) in [4.78, 5) is 25.2. The third-order valence-electron chi connectivity index (χ3n) is 4.57. The lowest BCUT2D eigenvalue weighted by molar-refractivity contribution is -0.138. The number of aliphatic carboxylic acids is 1. The number of carbonyl (C=O) groups excluding carboxylic acids is 1. The smallest absolute Gasteiger partial charge is 0.303 e. The van der Waals surface area contributed by atoms with E-state index in [9.17, 15) is 14.0 Å². The number of rotatable bonds is 7. The van der Waals surface area contributed by atoms with Crippen molar-refractivity contribution >= 4 is 24.3 Å². The van der Waals surface area contributed by atoms with Gasteiger partial charge in [-0.2, -0.15) is 0 Å². The largest absolute Gasteiger partial charge is 0.481 e. The van der Waals surface area contributed by atoms with Gasteiger partial charge >= 0.3 is 5.97 Å². The lowest BCUT2D eigenvalue weighted by Crippen LogP contribution is -2.49. The number of carboxylic acid groups (broad SMARTS) is 1. The minimum Gasteiger partial charge on any atom is -0.481 e. The first-order chi connectivity index (χ1) is 11.5. The highest BCUT2D eigenvalue weighted by atomic mass is 35.5. The van der Waals surface area contributed by atoms with Crippen molar-refractivity contribution in [1.82, 2.24) is 10.2 Å². The summed E-state index contributed by atoms with van der Waals surface area (Å²) in [5, 5.41) is 11.8. The maximum atomic E-state index is 12.8. The molecule has 140 valence electrons. The van der Waals surface area contributed by atoms with E-state index in [0.29, 0.717) is 19.5 Å². The van der Waals surface area contributed by atoms with Gasteiger partial charge in [-0.15, -0.1) is 12.4 Å². The van der Waals surface area contributed by atoms with Crippen molar-refractivity contribution < 1.29 is 19.1 Å². The number of halogens is 2. The van der Waals surface area contributed by atoms with Crippen LogP contribution < -0.4 is 5.32 Å². The van der Waals surface area contributed by atoms with E-state index >= 15 is 0 Å². The first kappa shape index (κ1) is 21.4. The van der Waals surface area contributed by atoms with Gasteiger partial charge in [0.05, 0.1) is 6.04 Å². The highest BCUT2D eigenvalue weighted by Gasteiger charge is 2.28. The second-order valence-corrected chi connectivity index (χ2v) is 6.44. The maximum absolute atomic E-state index is 12.8. The average Bonchev–Trinajstić information content (AvgIpc) is 2.55. The predicted octanol–water partition coefficient (Wildman–Crippen LogP) is 2.48. The van der Waals surface area contributed by atoms with Crippen LogP contribution in [0.25, 0.3) is 0 Å². The zero-order chi connectivity index (χ0) is 17.5. The zero-order valence-corrected chi connectivity index (χ0v) is 15.2. The first-order valence-corrected chi connectivity index (χ1v) is 8.43. The zero-order valence-electron chi connectivity index (χ0n) is 14.4. The summed E-state index contributed by atoms with van der Waals surface area (Å²) >= 11 is 0. The Morgan fingerprint density at radius 2 is 2.04 bits per heavy atom. The van der Waals surface area contributed by atoms with Crippen molar-refractivity contribution in [2.45, 2.75) is 38.6 Å². The summed E-state index contributed by atoms with van der Waals surface area (Å²) in [5.41, 5.74) is 0.976. The van der Waals surface area contributed by atoms with E-state index in [1.165, 1.54) is 12.1 Å². The molecule has 1 aromatic carbocycles. The van der Waals surface area contributed by atoms with Gasteiger partial charge in [-0.1, -0.05) is 12.1 Å². The van der Waals surface area contributed by atoms with Gasteiger partial charge in [0.25, 0.3) is 0 Å². The molecule has 1 amide bonds. The number of piperidine rings is 1. The van der Waals surface area contributed by atoms with Crippen molar-refractivity contribution in [1.29, 1.82) is 0 Å². The number of hydrogen-bond donors (Lipinski definition) is 2. The Kier molecular flexibility index (Phi) is 8.86. The van der Waals surface area contributed by atoms with E-state index in [1.807, 2.05) is 6.92 Å². The van der Waals surface area contributed by atoms with Crippen LogP contribution in [0.5, 0.6) is 0 Å². The fraction of sp³-hybridized carbons (Fsp3) is 0.556. The van der Waals surface area contributed by atoms with Gasteiger partial charge in [0.2, 0.25) is 5.91 Å². The summed E-state index contributed by atoms with van der Waals surface area (Å²) in [6.07, 6.45) is 2.64. The van der Waals surface area contributed by atoms with E-state index in [0.717, 1.165) is 24.9 Å². The van der Waals surface area contributed by atoms with Gasteiger partial charge in [0.15, 0.2) is 0 Å². The van der Waals surface area contributed by atoms with Crippen LogP contribution in [0.15, 0.2) is 24.3 Å². The van der Waals surface area contributed by atoms with Crippen LogP contribution in [0.1, 0.15) is 31.7 Å². The molecule has 1 heterocycles. The van der Waals surface area contributed by atoms with Gasteiger partial charge in [-0.25, -0.2) is 4.39 Å². The van der Waals surface area contributed by atoms with Crippen LogP contribution in [-0.2, 0) is 16.0 Å². The molecule has 25 heavy (non-hydrogen) atoms. The highest BCUT2D eigenvalue weighted by Crippen LogP contribution is 2.21. The van der Waals surface area contributed by atoms with Gasteiger partial charge in [-0.3, -0.25) is 14.5 Å². The molecule has 0 spiro atoms. The molecule has 1 aliphatic rings.